The first kappa shape index (κ1) is 10.4. The van der Waals surface area contributed by atoms with Crippen LogP contribution in [0.15, 0.2) is 0 Å². The Kier molecular flexibility index (Phi) is 5.90. The van der Waals surface area contributed by atoms with Gasteiger partial charge in [-0.15, -0.1) is 45.1 Å². The maximum atomic E-state index is 5.60. The maximum Gasteiger partial charge on any atom is 0.429 e. The number of hydrogen-bond acceptors (Lipinski definition) is 1. The van der Waals surface area contributed by atoms with E-state index in [1.165, 1.54) is 0 Å². The molecule has 0 fully saturated rings. The molecule has 0 unspecified atom stereocenters. The Bertz CT molecular complexity index is 73.0. The molecule has 1 nitrogen and oxygen atoms in total. The van der Waals surface area contributed by atoms with Crippen molar-refractivity contribution in [2.24, 2.45) is 0 Å². The molecule has 0 heterocycles. The van der Waals surface area contributed by atoms with E-state index in [0.29, 0.717) is 6.54 Å². The Balaban J connectivity index is 3.68. The van der Waals surface area contributed by atoms with Gasteiger partial charge in [-0.2, -0.15) is 0 Å². The molecular formula is C2H6BCl4NSi. The van der Waals surface area contributed by atoms with Gasteiger partial charge in [-0.05, 0) is 6.54 Å². The van der Waals surface area contributed by atoms with Crippen LogP contribution in [0.4, 0.5) is 0 Å². The van der Waals surface area contributed by atoms with Crippen molar-refractivity contribution in [3.63, 3.8) is 0 Å². The molecule has 0 amide bonds. The number of nitrogens with zero attached hydrogens (tertiary/aromatic N) is 1. The van der Waals surface area contributed by atoms with Crippen molar-refractivity contribution in [1.82, 2.24) is 4.48 Å². The quantitative estimate of drug-likeness (QED) is 0.524. The van der Waals surface area contributed by atoms with E-state index in [4.69, 9.17) is 45.1 Å². The summed E-state index contributed by atoms with van der Waals surface area (Å²) in [6.07, 6.45) is 0. The molecule has 0 radical (unpaired) electrons. The van der Waals surface area contributed by atoms with Crippen LogP contribution in [-0.4, -0.2) is 24.3 Å². The van der Waals surface area contributed by atoms with E-state index in [1.54, 1.807) is 4.48 Å². The van der Waals surface area contributed by atoms with Crippen LogP contribution in [0.2, 0.25) is 0 Å². The molecule has 7 heteroatoms. The van der Waals surface area contributed by atoms with Gasteiger partial charge in [0.1, 0.15) is 0 Å². The van der Waals surface area contributed by atoms with Crippen LogP contribution < -0.4 is 0 Å². The van der Waals surface area contributed by atoms with Crippen molar-refractivity contribution < 1.29 is 0 Å². The lowest BCUT2D eigenvalue weighted by molar-refractivity contribution is 0.726. The second-order valence-electron chi connectivity index (χ2n) is 1.39. The summed E-state index contributed by atoms with van der Waals surface area (Å²) in [5.41, 5.74) is -0.568. The fraction of sp³-hybridized carbons (Fsp3) is 1.00. The standard InChI is InChI=1S/C2H6BCl4NSi/c1-2-8(3(4)5)9(6)7/h9H,2H2,1H3. The van der Waals surface area contributed by atoms with E-state index in [0.717, 1.165) is 0 Å². The van der Waals surface area contributed by atoms with Crippen LogP contribution in [0, 0.1) is 0 Å². The fourth-order valence-corrected chi connectivity index (χ4v) is 3.96. The van der Waals surface area contributed by atoms with Crippen LogP contribution in [0.25, 0.3) is 0 Å². The topological polar surface area (TPSA) is 3.24 Å². The van der Waals surface area contributed by atoms with E-state index in [-0.39, 0.29) is 0 Å². The van der Waals surface area contributed by atoms with Crippen molar-refractivity contribution in [1.29, 1.82) is 0 Å². The molecule has 0 spiro atoms. The largest absolute Gasteiger partial charge is 0.429 e. The molecule has 0 aromatic carbocycles. The Hall–Kier alpha value is 1.40. The van der Waals surface area contributed by atoms with Crippen molar-refractivity contribution in [2.75, 3.05) is 6.54 Å². The fourth-order valence-electron chi connectivity index (χ4n) is 0.361. The molecule has 54 valence electrons. The van der Waals surface area contributed by atoms with Crippen molar-refractivity contribution >= 4 is 58.3 Å². The predicted octanol–water partition coefficient (Wildman–Crippen LogP) is 1.97. The van der Waals surface area contributed by atoms with Gasteiger partial charge >= 0.3 is 13.3 Å². The van der Waals surface area contributed by atoms with Crippen molar-refractivity contribution in [3.8, 4) is 0 Å². The lowest BCUT2D eigenvalue weighted by Gasteiger charge is -2.18. The predicted molar refractivity (Wildman–Crippen MR) is 48.7 cm³/mol. The molecule has 0 saturated carbocycles. The van der Waals surface area contributed by atoms with Gasteiger partial charge < -0.3 is 4.48 Å². The molecular weight excluding hydrogens is 219 g/mol. The molecule has 0 aliphatic heterocycles. The third-order valence-electron chi connectivity index (χ3n) is 0.867. The summed E-state index contributed by atoms with van der Waals surface area (Å²) >= 11 is 22.2. The van der Waals surface area contributed by atoms with E-state index in [9.17, 15) is 0 Å². The molecule has 0 bridgehead atoms. The molecule has 0 aromatic rings. The summed E-state index contributed by atoms with van der Waals surface area (Å²) in [6, 6.07) is 0. The van der Waals surface area contributed by atoms with E-state index >= 15 is 0 Å². The lowest BCUT2D eigenvalue weighted by atomic mass is 10.4. The Labute approximate surface area is 76.2 Å². The van der Waals surface area contributed by atoms with Gasteiger partial charge in [0.05, 0.1) is 0 Å². The zero-order valence-corrected chi connectivity index (χ0v) is 9.00. The van der Waals surface area contributed by atoms with Gasteiger partial charge in [0, 0.05) is 0 Å². The van der Waals surface area contributed by atoms with Gasteiger partial charge in [0.25, 0.3) is 0 Å². The minimum absolute atomic E-state index is 0.568. The van der Waals surface area contributed by atoms with Crippen molar-refractivity contribution in [2.45, 2.75) is 6.92 Å². The number of halogens is 4. The normalized spacial score (nSPS) is 11.0. The molecule has 0 aliphatic carbocycles. The number of hydrogen-bond donors (Lipinski definition) is 0. The number of rotatable bonds is 3. The van der Waals surface area contributed by atoms with Crippen LogP contribution in [0.1, 0.15) is 6.92 Å². The van der Waals surface area contributed by atoms with Crippen LogP contribution in [0.3, 0.4) is 0 Å². The molecule has 0 saturated heterocycles. The van der Waals surface area contributed by atoms with Gasteiger partial charge in [-0.1, -0.05) is 6.92 Å². The summed E-state index contributed by atoms with van der Waals surface area (Å²) < 4.78 is 1.66. The Morgan fingerprint density at radius 3 is 1.89 bits per heavy atom. The summed E-state index contributed by atoms with van der Waals surface area (Å²) in [7, 11) is -1.83. The zero-order valence-electron chi connectivity index (χ0n) is 4.82. The minimum atomic E-state index is -1.83. The summed E-state index contributed by atoms with van der Waals surface area (Å²) in [6.45, 7) is 2.60. The summed E-state index contributed by atoms with van der Waals surface area (Å²) in [4.78, 5) is 0. The van der Waals surface area contributed by atoms with Gasteiger partial charge in [0.15, 0.2) is 0 Å². The monoisotopic (exact) mass is 223 g/mol. The SMILES string of the molecule is CCN(B(Cl)Cl)[SiH](Cl)Cl. The van der Waals surface area contributed by atoms with E-state index < -0.39 is 13.3 Å². The Morgan fingerprint density at radius 1 is 1.44 bits per heavy atom. The second kappa shape index (κ2) is 5.11. The second-order valence-corrected chi connectivity index (χ2v) is 6.81. The highest BCUT2D eigenvalue weighted by molar-refractivity contribution is 7.42. The average Bonchev–Trinajstić information content (AvgIpc) is 1.64. The van der Waals surface area contributed by atoms with E-state index in [2.05, 4.69) is 0 Å². The molecule has 0 aliphatic rings. The molecule has 0 atom stereocenters. The third kappa shape index (κ3) is 3.96. The first-order chi connectivity index (χ1) is 4.09. The highest BCUT2D eigenvalue weighted by atomic mass is 35.7. The van der Waals surface area contributed by atoms with Gasteiger partial charge in [0.2, 0.25) is 0 Å². The maximum absolute atomic E-state index is 5.60. The van der Waals surface area contributed by atoms with Crippen LogP contribution in [-0.2, 0) is 0 Å². The summed E-state index contributed by atoms with van der Waals surface area (Å²) in [5, 5.41) is 0. The molecule has 9 heavy (non-hydrogen) atoms. The Morgan fingerprint density at radius 2 is 1.89 bits per heavy atom. The van der Waals surface area contributed by atoms with Gasteiger partial charge in [-0.25, -0.2) is 0 Å². The first-order valence-corrected chi connectivity index (χ1v) is 7.29. The first-order valence-electron chi connectivity index (χ1n) is 2.41. The molecule has 0 aromatic heterocycles. The molecule has 0 rings (SSSR count). The summed E-state index contributed by atoms with van der Waals surface area (Å²) in [5.74, 6) is 0. The zero-order chi connectivity index (χ0) is 7.44. The van der Waals surface area contributed by atoms with Crippen molar-refractivity contribution in [3.05, 3.63) is 0 Å². The average molecular weight is 225 g/mol. The third-order valence-corrected chi connectivity index (χ3v) is 4.41. The highest BCUT2D eigenvalue weighted by Crippen LogP contribution is 2.11. The van der Waals surface area contributed by atoms with Gasteiger partial charge in [-0.3, -0.25) is 0 Å². The lowest BCUT2D eigenvalue weighted by Crippen LogP contribution is -2.37. The highest BCUT2D eigenvalue weighted by Gasteiger charge is 2.23. The van der Waals surface area contributed by atoms with Crippen LogP contribution in [0.5, 0.6) is 0 Å². The minimum Gasteiger partial charge on any atom is -0.316 e. The van der Waals surface area contributed by atoms with E-state index in [1.807, 2.05) is 6.92 Å². The van der Waals surface area contributed by atoms with Crippen LogP contribution >= 0.6 is 45.1 Å². The molecule has 0 N–H and O–H groups in total. The smallest absolute Gasteiger partial charge is 0.316 e.